The van der Waals surface area contributed by atoms with Gasteiger partial charge in [-0.1, -0.05) is 0 Å². The molecule has 0 atom stereocenters. The molecule has 0 saturated heterocycles. The molecule has 0 aliphatic rings. The number of methoxy groups -OCH3 is 1. The van der Waals surface area contributed by atoms with Crippen LogP contribution < -0.4 is 4.74 Å². The van der Waals surface area contributed by atoms with E-state index < -0.39 is 16.6 Å². The summed E-state index contributed by atoms with van der Waals surface area (Å²) in [6, 6.07) is 3.80. The van der Waals surface area contributed by atoms with Crippen LogP contribution in [0.4, 0.5) is 5.69 Å². The molecule has 0 heterocycles. The first-order valence-corrected chi connectivity index (χ1v) is 4.98. The Kier molecular flexibility index (Phi) is 4.21. The van der Waals surface area contributed by atoms with Gasteiger partial charge in [-0.2, -0.15) is 5.26 Å². The minimum atomic E-state index is -0.735. The molecule has 0 spiro atoms. The van der Waals surface area contributed by atoms with Gasteiger partial charge >= 0.3 is 5.97 Å². The first-order valence-electron chi connectivity index (χ1n) is 4.98. The average molecular weight is 250 g/mol. The van der Waals surface area contributed by atoms with Crippen LogP contribution in [0, 0.1) is 21.4 Å². The van der Waals surface area contributed by atoms with Crippen molar-refractivity contribution in [1.29, 1.82) is 5.26 Å². The molecule has 1 rings (SSSR count). The lowest BCUT2D eigenvalue weighted by molar-refractivity contribution is -0.385. The molecular formula is C11H10N2O5. The summed E-state index contributed by atoms with van der Waals surface area (Å²) >= 11 is 0. The zero-order valence-corrected chi connectivity index (χ0v) is 9.80. The highest BCUT2D eigenvalue weighted by Gasteiger charge is 2.23. The topological polar surface area (TPSA) is 102 Å². The number of benzene rings is 1. The summed E-state index contributed by atoms with van der Waals surface area (Å²) in [5.41, 5.74) is -0.712. The number of hydrogen-bond acceptors (Lipinski definition) is 6. The van der Waals surface area contributed by atoms with Crippen molar-refractivity contribution in [2.75, 3.05) is 13.7 Å². The van der Waals surface area contributed by atoms with Gasteiger partial charge < -0.3 is 9.47 Å². The molecule has 18 heavy (non-hydrogen) atoms. The third-order valence-electron chi connectivity index (χ3n) is 2.13. The normalized spacial score (nSPS) is 9.39. The fourth-order valence-corrected chi connectivity index (χ4v) is 1.35. The van der Waals surface area contributed by atoms with Gasteiger partial charge in [-0.3, -0.25) is 10.1 Å². The minimum absolute atomic E-state index is 0.0654. The predicted molar refractivity (Wildman–Crippen MR) is 60.3 cm³/mol. The quantitative estimate of drug-likeness (QED) is 0.457. The second-order valence-corrected chi connectivity index (χ2v) is 3.16. The zero-order chi connectivity index (χ0) is 13.7. The third-order valence-corrected chi connectivity index (χ3v) is 2.13. The standard InChI is InChI=1S/C11H10N2O5/c1-3-18-11(14)8-5-9(13(15)16)7(6-12)4-10(8)17-2/h4-5H,3H2,1-2H3. The van der Waals surface area contributed by atoms with Crippen LogP contribution in [0.15, 0.2) is 12.1 Å². The highest BCUT2D eigenvalue weighted by Crippen LogP contribution is 2.28. The van der Waals surface area contributed by atoms with E-state index in [0.717, 1.165) is 12.1 Å². The molecule has 94 valence electrons. The Morgan fingerprint density at radius 1 is 1.56 bits per heavy atom. The summed E-state index contributed by atoms with van der Waals surface area (Å²) in [6.45, 7) is 1.75. The third kappa shape index (κ3) is 2.55. The molecule has 0 fully saturated rings. The summed E-state index contributed by atoms with van der Waals surface area (Å²) in [5.74, 6) is -0.669. The lowest BCUT2D eigenvalue weighted by Crippen LogP contribution is -2.08. The summed E-state index contributed by atoms with van der Waals surface area (Å²) in [7, 11) is 1.30. The van der Waals surface area contributed by atoms with E-state index in [2.05, 4.69) is 0 Å². The van der Waals surface area contributed by atoms with Crippen LogP contribution in [0.2, 0.25) is 0 Å². The van der Waals surface area contributed by atoms with E-state index in [1.165, 1.54) is 7.11 Å². The molecule has 0 aliphatic carbocycles. The van der Waals surface area contributed by atoms with Crippen molar-refractivity contribution in [3.05, 3.63) is 33.4 Å². The van der Waals surface area contributed by atoms with Crippen LogP contribution in [0.3, 0.4) is 0 Å². The number of nitro benzene ring substituents is 1. The largest absolute Gasteiger partial charge is 0.496 e. The van der Waals surface area contributed by atoms with Crippen molar-refractivity contribution in [3.8, 4) is 11.8 Å². The number of nitriles is 1. The lowest BCUT2D eigenvalue weighted by Gasteiger charge is -2.08. The zero-order valence-electron chi connectivity index (χ0n) is 9.80. The first-order chi connectivity index (χ1) is 8.54. The van der Waals surface area contributed by atoms with Crippen LogP contribution in [-0.2, 0) is 4.74 Å². The second-order valence-electron chi connectivity index (χ2n) is 3.16. The van der Waals surface area contributed by atoms with E-state index in [-0.39, 0.29) is 23.5 Å². The van der Waals surface area contributed by atoms with E-state index in [0.29, 0.717) is 0 Å². The molecule has 1 aromatic rings. The number of rotatable bonds is 4. The Morgan fingerprint density at radius 2 is 2.22 bits per heavy atom. The summed E-state index contributed by atoms with van der Waals surface area (Å²) in [6.07, 6.45) is 0. The summed E-state index contributed by atoms with van der Waals surface area (Å²) < 4.78 is 9.67. The van der Waals surface area contributed by atoms with E-state index in [1.54, 1.807) is 13.0 Å². The summed E-state index contributed by atoms with van der Waals surface area (Å²) in [4.78, 5) is 21.6. The molecule has 0 saturated carbocycles. The van der Waals surface area contributed by atoms with Gasteiger partial charge in [0.05, 0.1) is 18.6 Å². The van der Waals surface area contributed by atoms with Gasteiger partial charge in [-0.15, -0.1) is 0 Å². The molecule has 0 bridgehead atoms. The van der Waals surface area contributed by atoms with Gasteiger partial charge in [-0.25, -0.2) is 4.79 Å². The summed E-state index contributed by atoms with van der Waals surface area (Å²) in [5, 5.41) is 19.6. The fourth-order valence-electron chi connectivity index (χ4n) is 1.35. The van der Waals surface area contributed by atoms with Gasteiger partial charge in [0.1, 0.15) is 22.9 Å². The molecular weight excluding hydrogens is 240 g/mol. The van der Waals surface area contributed by atoms with E-state index in [4.69, 9.17) is 14.7 Å². The van der Waals surface area contributed by atoms with E-state index in [9.17, 15) is 14.9 Å². The number of esters is 1. The van der Waals surface area contributed by atoms with Gasteiger partial charge in [0.15, 0.2) is 0 Å². The van der Waals surface area contributed by atoms with Crippen molar-refractivity contribution in [2.45, 2.75) is 6.92 Å². The molecule has 7 nitrogen and oxygen atoms in total. The molecule has 0 radical (unpaired) electrons. The van der Waals surface area contributed by atoms with Crippen LogP contribution in [0.1, 0.15) is 22.8 Å². The number of nitro groups is 1. The highest BCUT2D eigenvalue weighted by atomic mass is 16.6. The number of nitrogens with zero attached hydrogens (tertiary/aromatic N) is 2. The SMILES string of the molecule is CCOC(=O)c1cc([N+](=O)[O-])c(C#N)cc1OC. The lowest BCUT2D eigenvalue weighted by atomic mass is 10.1. The Morgan fingerprint density at radius 3 is 2.67 bits per heavy atom. The van der Waals surface area contributed by atoms with Gasteiger partial charge in [-0.05, 0) is 6.92 Å². The first kappa shape index (κ1) is 13.4. The van der Waals surface area contributed by atoms with Crippen molar-refractivity contribution >= 4 is 11.7 Å². The maximum atomic E-state index is 11.6. The molecule has 7 heteroatoms. The van der Waals surface area contributed by atoms with E-state index >= 15 is 0 Å². The smallest absolute Gasteiger partial charge is 0.342 e. The van der Waals surface area contributed by atoms with Crippen LogP contribution >= 0.6 is 0 Å². The molecule has 0 aromatic heterocycles. The molecule has 0 N–H and O–H groups in total. The average Bonchev–Trinajstić information content (AvgIpc) is 2.37. The Balaban J connectivity index is 3.42. The monoisotopic (exact) mass is 250 g/mol. The van der Waals surface area contributed by atoms with Crippen molar-refractivity contribution in [1.82, 2.24) is 0 Å². The van der Waals surface area contributed by atoms with Crippen LogP contribution in [0.5, 0.6) is 5.75 Å². The van der Waals surface area contributed by atoms with Gasteiger partial charge in [0, 0.05) is 12.1 Å². The van der Waals surface area contributed by atoms with Crippen LogP contribution in [0.25, 0.3) is 0 Å². The fraction of sp³-hybridized carbons (Fsp3) is 0.273. The van der Waals surface area contributed by atoms with Crippen molar-refractivity contribution in [2.24, 2.45) is 0 Å². The molecule has 0 unspecified atom stereocenters. The van der Waals surface area contributed by atoms with Crippen LogP contribution in [-0.4, -0.2) is 24.6 Å². The number of carbonyl (C=O) groups is 1. The molecule has 0 aliphatic heterocycles. The maximum absolute atomic E-state index is 11.6. The maximum Gasteiger partial charge on any atom is 0.342 e. The second kappa shape index (κ2) is 5.63. The Labute approximate surface area is 103 Å². The minimum Gasteiger partial charge on any atom is -0.496 e. The van der Waals surface area contributed by atoms with Crippen molar-refractivity contribution < 1.29 is 19.2 Å². The highest BCUT2D eigenvalue weighted by molar-refractivity contribution is 5.93. The molecule has 1 aromatic carbocycles. The number of hydrogen-bond donors (Lipinski definition) is 0. The number of ether oxygens (including phenoxy) is 2. The number of carbonyl (C=O) groups excluding carboxylic acids is 1. The van der Waals surface area contributed by atoms with Crippen molar-refractivity contribution in [3.63, 3.8) is 0 Å². The van der Waals surface area contributed by atoms with E-state index in [1.807, 2.05) is 0 Å². The molecule has 0 amide bonds. The Bertz CT molecular complexity index is 533. The predicted octanol–water partition coefficient (Wildman–Crippen LogP) is 1.65. The van der Waals surface area contributed by atoms with Gasteiger partial charge in [0.2, 0.25) is 0 Å². The van der Waals surface area contributed by atoms with Gasteiger partial charge in [0.25, 0.3) is 5.69 Å². The Hall–Kier alpha value is -2.62.